The highest BCUT2D eigenvalue weighted by atomic mass is 79.9. The van der Waals surface area contributed by atoms with E-state index in [4.69, 9.17) is 0 Å². The number of nitrogens with zero attached hydrogens (tertiary/aromatic N) is 3. The molecule has 106 valence electrons. The summed E-state index contributed by atoms with van der Waals surface area (Å²) in [6.07, 6.45) is 3.58. The number of rotatable bonds is 5. The van der Waals surface area contributed by atoms with Crippen LogP contribution in [0.3, 0.4) is 0 Å². The summed E-state index contributed by atoms with van der Waals surface area (Å²) in [4.78, 5) is 10.4. The first-order chi connectivity index (χ1) is 9.47. The normalized spacial score (nSPS) is 10.6. The predicted octanol–water partition coefficient (Wildman–Crippen LogP) is 3.11. The van der Waals surface area contributed by atoms with E-state index in [1.165, 1.54) is 0 Å². The zero-order chi connectivity index (χ0) is 14.7. The number of hydrogen-bond acceptors (Lipinski definition) is 4. The molecule has 0 unspecified atom stereocenters. The second kappa shape index (κ2) is 6.00. The van der Waals surface area contributed by atoms with Crippen molar-refractivity contribution in [3.8, 4) is 0 Å². The first-order valence-electron chi connectivity index (χ1n) is 5.83. The number of aryl methyl sites for hydroxylation is 1. The Kier molecular flexibility index (Phi) is 4.33. The molecule has 1 aromatic carbocycles. The van der Waals surface area contributed by atoms with Crippen LogP contribution in [-0.2, 0) is 6.54 Å². The van der Waals surface area contributed by atoms with Gasteiger partial charge in [0.05, 0.1) is 22.1 Å². The van der Waals surface area contributed by atoms with E-state index in [9.17, 15) is 14.5 Å². The molecule has 20 heavy (non-hydrogen) atoms. The molecule has 6 nitrogen and oxygen atoms in total. The van der Waals surface area contributed by atoms with E-state index in [2.05, 4.69) is 26.3 Å². The van der Waals surface area contributed by atoms with Crippen LogP contribution in [-0.4, -0.2) is 21.2 Å². The lowest BCUT2D eigenvalue weighted by atomic mass is 10.2. The van der Waals surface area contributed by atoms with Crippen molar-refractivity contribution in [3.05, 3.63) is 50.5 Å². The van der Waals surface area contributed by atoms with Crippen molar-refractivity contribution < 1.29 is 9.31 Å². The lowest BCUT2D eigenvalue weighted by Gasteiger charge is -2.08. The van der Waals surface area contributed by atoms with Crippen molar-refractivity contribution in [1.82, 2.24) is 9.78 Å². The van der Waals surface area contributed by atoms with Crippen LogP contribution in [0.5, 0.6) is 0 Å². The predicted molar refractivity (Wildman–Crippen MR) is 76.2 cm³/mol. The molecule has 8 heteroatoms. The maximum Gasteiger partial charge on any atom is 0.293 e. The zero-order valence-corrected chi connectivity index (χ0v) is 12.2. The number of nitro benzene ring substituents is 1. The summed E-state index contributed by atoms with van der Waals surface area (Å²) in [7, 11) is 0. The Labute approximate surface area is 122 Å². The SMILES string of the molecule is Cc1cnn(CCNc2cc(F)c(Br)cc2[N+](=O)[O-])c1. The molecular weight excluding hydrogens is 331 g/mol. The molecule has 0 bridgehead atoms. The Bertz CT molecular complexity index is 644. The summed E-state index contributed by atoms with van der Waals surface area (Å²) in [5.41, 5.74) is 1.01. The lowest BCUT2D eigenvalue weighted by molar-refractivity contribution is -0.384. The smallest absolute Gasteiger partial charge is 0.293 e. The van der Waals surface area contributed by atoms with E-state index >= 15 is 0 Å². The van der Waals surface area contributed by atoms with E-state index in [1.54, 1.807) is 10.9 Å². The van der Waals surface area contributed by atoms with Crippen molar-refractivity contribution in [3.63, 3.8) is 0 Å². The molecule has 2 rings (SSSR count). The van der Waals surface area contributed by atoms with E-state index in [0.29, 0.717) is 13.1 Å². The molecule has 0 aliphatic carbocycles. The first-order valence-corrected chi connectivity index (χ1v) is 6.63. The van der Waals surface area contributed by atoms with Gasteiger partial charge in [-0.25, -0.2) is 4.39 Å². The Morgan fingerprint density at radius 1 is 1.55 bits per heavy atom. The van der Waals surface area contributed by atoms with Gasteiger partial charge >= 0.3 is 0 Å². The Morgan fingerprint density at radius 3 is 2.90 bits per heavy atom. The average molecular weight is 343 g/mol. The van der Waals surface area contributed by atoms with Crippen LogP contribution >= 0.6 is 15.9 Å². The number of aromatic nitrogens is 2. The molecule has 0 spiro atoms. The minimum absolute atomic E-state index is 0.0671. The van der Waals surface area contributed by atoms with E-state index in [1.807, 2.05) is 13.1 Å². The molecule has 1 aromatic heterocycles. The maximum absolute atomic E-state index is 13.4. The summed E-state index contributed by atoms with van der Waals surface area (Å²) in [5, 5.41) is 17.9. The van der Waals surface area contributed by atoms with Crippen LogP contribution < -0.4 is 5.32 Å². The van der Waals surface area contributed by atoms with Gasteiger partial charge in [-0.15, -0.1) is 0 Å². The molecular formula is C12H12BrFN4O2. The van der Waals surface area contributed by atoms with Crippen LogP contribution in [0, 0.1) is 22.9 Å². The summed E-state index contributed by atoms with van der Waals surface area (Å²) >= 11 is 2.93. The Hall–Kier alpha value is -1.96. The van der Waals surface area contributed by atoms with Gasteiger partial charge in [0, 0.05) is 24.9 Å². The summed E-state index contributed by atoms with van der Waals surface area (Å²) in [6.45, 7) is 2.86. The van der Waals surface area contributed by atoms with Gasteiger partial charge in [0.25, 0.3) is 5.69 Å². The standard InChI is InChI=1S/C12H12BrFN4O2/c1-8-6-16-17(7-8)3-2-15-11-5-10(14)9(13)4-12(11)18(19)20/h4-7,15H,2-3H2,1H3. The Balaban J connectivity index is 2.08. The van der Waals surface area contributed by atoms with Crippen LogP contribution in [0.1, 0.15) is 5.56 Å². The van der Waals surface area contributed by atoms with Gasteiger partial charge in [-0.2, -0.15) is 5.10 Å². The Morgan fingerprint density at radius 2 is 2.30 bits per heavy atom. The summed E-state index contributed by atoms with van der Waals surface area (Å²) in [5.74, 6) is -0.548. The van der Waals surface area contributed by atoms with Gasteiger partial charge in [-0.1, -0.05) is 0 Å². The fraction of sp³-hybridized carbons (Fsp3) is 0.250. The van der Waals surface area contributed by atoms with Crippen molar-refractivity contribution >= 4 is 27.3 Å². The van der Waals surface area contributed by atoms with Crippen LogP contribution in [0.15, 0.2) is 29.0 Å². The third kappa shape index (κ3) is 3.32. The number of hydrogen-bond donors (Lipinski definition) is 1. The second-order valence-corrected chi connectivity index (χ2v) is 5.10. The van der Waals surface area contributed by atoms with Crippen molar-refractivity contribution in [2.45, 2.75) is 13.5 Å². The van der Waals surface area contributed by atoms with E-state index in [-0.39, 0.29) is 15.8 Å². The lowest BCUT2D eigenvalue weighted by Crippen LogP contribution is -2.12. The van der Waals surface area contributed by atoms with E-state index in [0.717, 1.165) is 17.7 Å². The monoisotopic (exact) mass is 342 g/mol. The minimum Gasteiger partial charge on any atom is -0.378 e. The molecule has 0 aliphatic rings. The van der Waals surface area contributed by atoms with Gasteiger partial charge in [0.1, 0.15) is 11.5 Å². The molecule has 0 atom stereocenters. The number of halogens is 2. The molecule has 1 N–H and O–H groups in total. The number of benzene rings is 1. The highest BCUT2D eigenvalue weighted by molar-refractivity contribution is 9.10. The molecule has 0 saturated carbocycles. The van der Waals surface area contributed by atoms with Crippen molar-refractivity contribution in [1.29, 1.82) is 0 Å². The highest BCUT2D eigenvalue weighted by Crippen LogP contribution is 2.30. The average Bonchev–Trinajstić information content (AvgIpc) is 2.79. The van der Waals surface area contributed by atoms with Crippen molar-refractivity contribution in [2.24, 2.45) is 0 Å². The fourth-order valence-electron chi connectivity index (χ4n) is 1.72. The van der Waals surface area contributed by atoms with Crippen LogP contribution in [0.2, 0.25) is 0 Å². The van der Waals surface area contributed by atoms with Gasteiger partial charge in [-0.05, 0) is 28.4 Å². The highest BCUT2D eigenvalue weighted by Gasteiger charge is 2.17. The number of nitro groups is 1. The largest absolute Gasteiger partial charge is 0.378 e. The van der Waals surface area contributed by atoms with E-state index < -0.39 is 10.7 Å². The molecule has 0 aliphatic heterocycles. The maximum atomic E-state index is 13.4. The van der Waals surface area contributed by atoms with Gasteiger partial charge in [-0.3, -0.25) is 14.8 Å². The third-order valence-corrected chi connectivity index (χ3v) is 3.26. The first kappa shape index (κ1) is 14.4. The number of anilines is 1. The fourth-order valence-corrected chi connectivity index (χ4v) is 2.05. The van der Waals surface area contributed by atoms with Gasteiger partial charge in [0.15, 0.2) is 0 Å². The van der Waals surface area contributed by atoms with Gasteiger partial charge < -0.3 is 5.32 Å². The third-order valence-electron chi connectivity index (χ3n) is 2.65. The minimum atomic E-state index is -0.551. The zero-order valence-electron chi connectivity index (χ0n) is 10.6. The van der Waals surface area contributed by atoms with Crippen molar-refractivity contribution in [2.75, 3.05) is 11.9 Å². The number of nitrogens with one attached hydrogen (secondary N) is 1. The van der Waals surface area contributed by atoms with Gasteiger partial charge in [0.2, 0.25) is 0 Å². The molecule has 1 heterocycles. The van der Waals surface area contributed by atoms with Crippen LogP contribution in [0.25, 0.3) is 0 Å². The quantitative estimate of drug-likeness (QED) is 0.669. The molecule has 0 fully saturated rings. The van der Waals surface area contributed by atoms with Crippen LogP contribution in [0.4, 0.5) is 15.8 Å². The topological polar surface area (TPSA) is 73.0 Å². The molecule has 0 amide bonds. The second-order valence-electron chi connectivity index (χ2n) is 4.25. The molecule has 0 radical (unpaired) electrons. The summed E-state index contributed by atoms with van der Waals surface area (Å²) < 4.78 is 15.2. The summed E-state index contributed by atoms with van der Waals surface area (Å²) in [6, 6.07) is 2.26. The molecule has 0 saturated heterocycles. The molecule has 2 aromatic rings.